The number of anilines is 2. The number of hydrogen-bond donors (Lipinski definition) is 2. The second kappa shape index (κ2) is 3.46. The molecule has 4 nitrogen and oxygen atoms in total. The molecule has 1 aromatic carbocycles. The molecule has 0 atom stereocenters. The Morgan fingerprint density at radius 1 is 1.53 bits per heavy atom. The smallest absolute Gasteiger partial charge is 0.337 e. The minimum Gasteiger partial charge on any atom is -0.478 e. The van der Waals surface area contributed by atoms with Crippen LogP contribution in [0.2, 0.25) is 0 Å². The van der Waals surface area contributed by atoms with Crippen molar-refractivity contribution in [2.45, 2.75) is 18.9 Å². The van der Waals surface area contributed by atoms with Gasteiger partial charge in [-0.25, -0.2) is 4.79 Å². The summed E-state index contributed by atoms with van der Waals surface area (Å²) in [7, 11) is 1.92. The third kappa shape index (κ3) is 1.88. The quantitative estimate of drug-likeness (QED) is 0.736. The summed E-state index contributed by atoms with van der Waals surface area (Å²) in [6.07, 6.45) is 2.26. The Labute approximate surface area is 88.3 Å². The first-order valence-electron chi connectivity index (χ1n) is 4.95. The molecular formula is C11H14N2O2. The molecule has 0 saturated heterocycles. The molecule has 0 amide bonds. The monoisotopic (exact) mass is 206 g/mol. The fourth-order valence-corrected chi connectivity index (χ4v) is 1.68. The molecule has 0 bridgehead atoms. The first-order chi connectivity index (χ1) is 7.09. The zero-order valence-electron chi connectivity index (χ0n) is 8.60. The van der Waals surface area contributed by atoms with Gasteiger partial charge >= 0.3 is 5.97 Å². The molecule has 1 fully saturated rings. The molecule has 0 spiro atoms. The molecule has 0 aromatic heterocycles. The van der Waals surface area contributed by atoms with Crippen LogP contribution in [-0.2, 0) is 0 Å². The van der Waals surface area contributed by atoms with Gasteiger partial charge in [0, 0.05) is 18.8 Å². The summed E-state index contributed by atoms with van der Waals surface area (Å²) < 4.78 is 0. The van der Waals surface area contributed by atoms with Crippen LogP contribution in [0.25, 0.3) is 0 Å². The second-order valence-corrected chi connectivity index (χ2v) is 3.92. The highest BCUT2D eigenvalue weighted by Gasteiger charge is 2.28. The molecule has 1 aliphatic rings. The van der Waals surface area contributed by atoms with Crippen LogP contribution in [0.3, 0.4) is 0 Å². The number of hydrogen-bond acceptors (Lipinski definition) is 3. The van der Waals surface area contributed by atoms with Crippen LogP contribution in [0.15, 0.2) is 18.2 Å². The lowest BCUT2D eigenvalue weighted by Gasteiger charge is -2.21. The van der Waals surface area contributed by atoms with Crippen molar-refractivity contribution >= 4 is 17.3 Å². The summed E-state index contributed by atoms with van der Waals surface area (Å²) in [6, 6.07) is 5.38. The molecule has 4 heteroatoms. The van der Waals surface area contributed by atoms with Crippen molar-refractivity contribution in [1.29, 1.82) is 0 Å². The van der Waals surface area contributed by atoms with E-state index >= 15 is 0 Å². The Kier molecular flexibility index (Phi) is 2.26. The van der Waals surface area contributed by atoms with E-state index in [4.69, 9.17) is 10.8 Å². The van der Waals surface area contributed by atoms with Gasteiger partial charge in [0.15, 0.2) is 0 Å². The largest absolute Gasteiger partial charge is 0.478 e. The standard InChI is InChI=1S/C11H14N2O2/c1-13(8-3-4-8)10-6-7(12)2-5-9(10)11(14)15/h2,5-6,8H,3-4,12H2,1H3,(H,14,15). The number of nitrogens with zero attached hydrogens (tertiary/aromatic N) is 1. The third-order valence-electron chi connectivity index (χ3n) is 2.73. The van der Waals surface area contributed by atoms with E-state index in [1.807, 2.05) is 11.9 Å². The topological polar surface area (TPSA) is 66.6 Å². The number of carboxylic acid groups (broad SMARTS) is 1. The zero-order chi connectivity index (χ0) is 11.0. The molecular weight excluding hydrogens is 192 g/mol. The minimum atomic E-state index is -0.905. The summed E-state index contributed by atoms with van der Waals surface area (Å²) >= 11 is 0. The van der Waals surface area contributed by atoms with Gasteiger partial charge in [0.25, 0.3) is 0 Å². The average molecular weight is 206 g/mol. The molecule has 0 radical (unpaired) electrons. The first-order valence-corrected chi connectivity index (χ1v) is 4.95. The van der Waals surface area contributed by atoms with Crippen molar-refractivity contribution in [2.75, 3.05) is 17.7 Å². The molecule has 1 aliphatic carbocycles. The summed E-state index contributed by atoms with van der Waals surface area (Å²) in [5.74, 6) is -0.905. The maximum atomic E-state index is 11.0. The van der Waals surface area contributed by atoms with Crippen molar-refractivity contribution in [3.05, 3.63) is 23.8 Å². The molecule has 0 heterocycles. The maximum absolute atomic E-state index is 11.0. The summed E-state index contributed by atoms with van der Waals surface area (Å²) in [6.45, 7) is 0. The third-order valence-corrected chi connectivity index (χ3v) is 2.73. The van der Waals surface area contributed by atoms with Gasteiger partial charge < -0.3 is 15.7 Å². The lowest BCUT2D eigenvalue weighted by Crippen LogP contribution is -2.22. The molecule has 1 saturated carbocycles. The van der Waals surface area contributed by atoms with E-state index in [-0.39, 0.29) is 0 Å². The van der Waals surface area contributed by atoms with E-state index in [9.17, 15) is 4.79 Å². The number of nitrogen functional groups attached to an aromatic ring is 1. The average Bonchev–Trinajstić information content (AvgIpc) is 2.99. The molecule has 15 heavy (non-hydrogen) atoms. The van der Waals surface area contributed by atoms with E-state index < -0.39 is 5.97 Å². The molecule has 0 aliphatic heterocycles. The number of benzene rings is 1. The van der Waals surface area contributed by atoms with Crippen LogP contribution in [0.1, 0.15) is 23.2 Å². The summed E-state index contributed by atoms with van der Waals surface area (Å²) in [5.41, 5.74) is 7.30. The Balaban J connectivity index is 2.41. The van der Waals surface area contributed by atoms with E-state index in [1.165, 1.54) is 0 Å². The van der Waals surface area contributed by atoms with Gasteiger partial charge in [-0.15, -0.1) is 0 Å². The summed E-state index contributed by atoms with van der Waals surface area (Å²) in [4.78, 5) is 13.0. The second-order valence-electron chi connectivity index (χ2n) is 3.92. The zero-order valence-corrected chi connectivity index (χ0v) is 8.60. The lowest BCUT2D eigenvalue weighted by atomic mass is 10.1. The highest BCUT2D eigenvalue weighted by atomic mass is 16.4. The van der Waals surface area contributed by atoms with Crippen LogP contribution < -0.4 is 10.6 Å². The van der Waals surface area contributed by atoms with Crippen LogP contribution >= 0.6 is 0 Å². The highest BCUT2D eigenvalue weighted by Crippen LogP contribution is 2.33. The molecule has 2 rings (SSSR count). The number of carboxylic acids is 1. The highest BCUT2D eigenvalue weighted by molar-refractivity contribution is 5.95. The Hall–Kier alpha value is -1.71. The molecule has 1 aromatic rings. The van der Waals surface area contributed by atoms with Crippen molar-refractivity contribution in [2.24, 2.45) is 0 Å². The van der Waals surface area contributed by atoms with Gasteiger partial charge in [0.1, 0.15) is 0 Å². The van der Waals surface area contributed by atoms with Crippen molar-refractivity contribution < 1.29 is 9.90 Å². The van der Waals surface area contributed by atoms with Crippen molar-refractivity contribution in [3.8, 4) is 0 Å². The van der Waals surface area contributed by atoms with Gasteiger partial charge in [-0.05, 0) is 31.0 Å². The first kappa shape index (κ1) is 9.83. The van der Waals surface area contributed by atoms with Gasteiger partial charge in [0.2, 0.25) is 0 Å². The minimum absolute atomic E-state index is 0.318. The van der Waals surface area contributed by atoms with Crippen LogP contribution in [0.4, 0.5) is 11.4 Å². The van der Waals surface area contributed by atoms with Crippen LogP contribution in [-0.4, -0.2) is 24.2 Å². The fraction of sp³-hybridized carbons (Fsp3) is 0.364. The number of nitrogens with two attached hydrogens (primary N) is 1. The summed E-state index contributed by atoms with van der Waals surface area (Å²) in [5, 5.41) is 9.04. The van der Waals surface area contributed by atoms with E-state index in [1.54, 1.807) is 18.2 Å². The number of aromatic carboxylic acids is 1. The van der Waals surface area contributed by atoms with E-state index in [2.05, 4.69) is 0 Å². The van der Waals surface area contributed by atoms with Crippen molar-refractivity contribution in [1.82, 2.24) is 0 Å². The van der Waals surface area contributed by atoms with Gasteiger partial charge in [0.05, 0.1) is 11.3 Å². The Bertz CT molecular complexity index is 400. The Morgan fingerprint density at radius 2 is 2.20 bits per heavy atom. The number of rotatable bonds is 3. The van der Waals surface area contributed by atoms with E-state index in [0.29, 0.717) is 23.0 Å². The maximum Gasteiger partial charge on any atom is 0.337 e. The Morgan fingerprint density at radius 3 is 2.73 bits per heavy atom. The van der Waals surface area contributed by atoms with Gasteiger partial charge in [-0.2, -0.15) is 0 Å². The van der Waals surface area contributed by atoms with Crippen molar-refractivity contribution in [3.63, 3.8) is 0 Å². The molecule has 0 unspecified atom stereocenters. The van der Waals surface area contributed by atoms with E-state index in [0.717, 1.165) is 12.8 Å². The predicted molar refractivity (Wildman–Crippen MR) is 59.2 cm³/mol. The number of carbonyl (C=O) groups is 1. The lowest BCUT2D eigenvalue weighted by molar-refractivity contribution is 0.0697. The fourth-order valence-electron chi connectivity index (χ4n) is 1.68. The van der Waals surface area contributed by atoms with Crippen LogP contribution in [0, 0.1) is 0 Å². The van der Waals surface area contributed by atoms with Gasteiger partial charge in [-0.1, -0.05) is 0 Å². The SMILES string of the molecule is CN(c1cc(N)ccc1C(=O)O)C1CC1. The van der Waals surface area contributed by atoms with Crippen LogP contribution in [0.5, 0.6) is 0 Å². The van der Waals surface area contributed by atoms with Gasteiger partial charge in [-0.3, -0.25) is 0 Å². The normalized spacial score (nSPS) is 15.0. The predicted octanol–water partition coefficient (Wildman–Crippen LogP) is 1.57. The molecule has 3 N–H and O–H groups in total. The molecule has 80 valence electrons.